The Labute approximate surface area is 148 Å². The average molecular weight is 344 g/mol. The van der Waals surface area contributed by atoms with Gasteiger partial charge in [-0.05, 0) is 51.4 Å². The molecule has 0 amide bonds. The Morgan fingerprint density at radius 2 is 2.04 bits per heavy atom. The van der Waals surface area contributed by atoms with Crippen LogP contribution in [0.25, 0.3) is 0 Å². The van der Waals surface area contributed by atoms with E-state index in [1.807, 2.05) is 0 Å². The van der Waals surface area contributed by atoms with Gasteiger partial charge < -0.3 is 15.5 Å². The number of aromatic nitrogens is 2. The molecule has 1 heterocycles. The predicted molar refractivity (Wildman–Crippen MR) is 103 cm³/mol. The van der Waals surface area contributed by atoms with Crippen molar-refractivity contribution in [3.8, 4) is 0 Å². The number of nitrogens with zero attached hydrogens (tertiary/aromatic N) is 3. The molecule has 0 radical (unpaired) electrons. The van der Waals surface area contributed by atoms with Crippen LogP contribution in [0.1, 0.15) is 24.5 Å². The first kappa shape index (κ1) is 17.0. The van der Waals surface area contributed by atoms with Crippen LogP contribution in [-0.2, 0) is 0 Å². The fraction of sp³-hybridized carbons (Fsp3) is 0.444. The maximum Gasteiger partial charge on any atom is 0.224 e. The summed E-state index contributed by atoms with van der Waals surface area (Å²) in [7, 11) is 4.13. The Bertz CT molecular complexity index is 685. The van der Waals surface area contributed by atoms with Crippen molar-refractivity contribution in [1.29, 1.82) is 0 Å². The number of hydrogen-bond acceptors (Lipinski definition) is 6. The summed E-state index contributed by atoms with van der Waals surface area (Å²) in [4.78, 5) is 12.7. The summed E-state index contributed by atoms with van der Waals surface area (Å²) in [6.07, 6.45) is 4.55. The fourth-order valence-corrected chi connectivity index (χ4v) is 2.90. The van der Waals surface area contributed by atoms with Crippen LogP contribution >= 0.6 is 11.8 Å². The van der Waals surface area contributed by atoms with E-state index in [0.717, 1.165) is 30.3 Å². The summed E-state index contributed by atoms with van der Waals surface area (Å²) in [6.45, 7) is 1.79. The quantitative estimate of drug-likeness (QED) is 0.711. The molecule has 24 heavy (non-hydrogen) atoms. The van der Waals surface area contributed by atoms with Crippen LogP contribution in [-0.4, -0.2) is 48.3 Å². The van der Waals surface area contributed by atoms with E-state index < -0.39 is 0 Å². The number of likely N-dealkylation sites (N-methyl/N-ethyl adjacent to an activating group) is 1. The lowest BCUT2D eigenvalue weighted by Gasteiger charge is -2.13. The molecule has 1 aromatic carbocycles. The van der Waals surface area contributed by atoms with Gasteiger partial charge in [0.15, 0.2) is 0 Å². The molecule has 1 aliphatic carbocycles. The van der Waals surface area contributed by atoms with Gasteiger partial charge in [-0.3, -0.25) is 0 Å². The van der Waals surface area contributed by atoms with Crippen LogP contribution < -0.4 is 10.6 Å². The molecular weight excluding hydrogens is 318 g/mol. The van der Waals surface area contributed by atoms with Crippen LogP contribution in [0.4, 0.5) is 17.5 Å². The molecule has 0 saturated heterocycles. The van der Waals surface area contributed by atoms with Crippen LogP contribution in [0.15, 0.2) is 35.2 Å². The molecule has 1 aliphatic rings. The van der Waals surface area contributed by atoms with Gasteiger partial charge in [0.05, 0.1) is 5.69 Å². The highest BCUT2D eigenvalue weighted by atomic mass is 32.2. The number of hydrogen-bond donors (Lipinski definition) is 2. The highest BCUT2D eigenvalue weighted by Crippen LogP contribution is 2.40. The third-order valence-electron chi connectivity index (χ3n) is 3.93. The third-order valence-corrected chi connectivity index (χ3v) is 4.65. The van der Waals surface area contributed by atoms with E-state index in [9.17, 15) is 0 Å². The number of benzene rings is 1. The molecule has 1 saturated carbocycles. The first-order valence-electron chi connectivity index (χ1n) is 8.32. The normalized spacial score (nSPS) is 14.0. The van der Waals surface area contributed by atoms with Crippen molar-refractivity contribution in [2.45, 2.75) is 23.7 Å². The van der Waals surface area contributed by atoms with Gasteiger partial charge in [0.1, 0.15) is 5.82 Å². The van der Waals surface area contributed by atoms with E-state index in [2.05, 4.69) is 76.2 Å². The van der Waals surface area contributed by atoms with Crippen molar-refractivity contribution in [3.63, 3.8) is 0 Å². The molecule has 2 N–H and O–H groups in total. The number of anilines is 3. The van der Waals surface area contributed by atoms with Crippen molar-refractivity contribution in [1.82, 2.24) is 14.9 Å². The molecule has 0 atom stereocenters. The molecule has 0 spiro atoms. The van der Waals surface area contributed by atoms with Gasteiger partial charge in [0.2, 0.25) is 5.95 Å². The molecule has 6 heteroatoms. The smallest absolute Gasteiger partial charge is 0.224 e. The minimum Gasteiger partial charge on any atom is -0.353 e. The zero-order valence-corrected chi connectivity index (χ0v) is 15.4. The summed E-state index contributed by atoms with van der Waals surface area (Å²) in [5, 5.41) is 6.77. The zero-order chi connectivity index (χ0) is 16.9. The van der Waals surface area contributed by atoms with E-state index >= 15 is 0 Å². The van der Waals surface area contributed by atoms with E-state index in [1.165, 1.54) is 17.7 Å². The Hall–Kier alpha value is -1.79. The topological polar surface area (TPSA) is 53.1 Å². The summed E-state index contributed by atoms with van der Waals surface area (Å²) in [5.74, 6) is 2.17. The molecule has 2 aromatic rings. The second-order valence-corrected chi connectivity index (χ2v) is 7.24. The largest absolute Gasteiger partial charge is 0.353 e. The van der Waals surface area contributed by atoms with Crippen molar-refractivity contribution < 1.29 is 0 Å². The molecular formula is C18H25N5S. The lowest BCUT2D eigenvalue weighted by Crippen LogP contribution is -2.21. The van der Waals surface area contributed by atoms with Crippen molar-refractivity contribution in [2.24, 2.45) is 0 Å². The van der Waals surface area contributed by atoms with Gasteiger partial charge in [0, 0.05) is 35.7 Å². The second kappa shape index (κ2) is 7.85. The van der Waals surface area contributed by atoms with Crippen LogP contribution in [0.5, 0.6) is 0 Å². The second-order valence-electron chi connectivity index (χ2n) is 6.36. The molecule has 0 unspecified atom stereocenters. The third kappa shape index (κ3) is 4.85. The van der Waals surface area contributed by atoms with Gasteiger partial charge in [0.25, 0.3) is 0 Å². The van der Waals surface area contributed by atoms with Gasteiger partial charge >= 0.3 is 0 Å². The van der Waals surface area contributed by atoms with Crippen LogP contribution in [0, 0.1) is 0 Å². The zero-order valence-electron chi connectivity index (χ0n) is 14.5. The Balaban J connectivity index is 1.76. The SMILES string of the molecule is CSc1cccc(Nc2cc(C3CC3)nc(NCCN(C)C)n2)c1. The maximum absolute atomic E-state index is 4.68. The summed E-state index contributed by atoms with van der Waals surface area (Å²) in [5.41, 5.74) is 2.20. The molecule has 1 fully saturated rings. The first-order valence-corrected chi connectivity index (χ1v) is 9.55. The van der Waals surface area contributed by atoms with Gasteiger partial charge in [-0.1, -0.05) is 6.07 Å². The highest BCUT2D eigenvalue weighted by Gasteiger charge is 2.26. The maximum atomic E-state index is 4.68. The minimum atomic E-state index is 0.598. The standard InChI is InChI=1S/C18H25N5S/c1-23(2)10-9-19-18-21-16(13-7-8-13)12-17(22-18)20-14-5-4-6-15(11-14)24-3/h4-6,11-13H,7-10H2,1-3H3,(H2,19,20,21,22). The van der Waals surface area contributed by atoms with Gasteiger partial charge in [-0.2, -0.15) is 4.98 Å². The van der Waals surface area contributed by atoms with E-state index in [-0.39, 0.29) is 0 Å². The Morgan fingerprint density at radius 3 is 2.75 bits per heavy atom. The molecule has 0 bridgehead atoms. The molecule has 3 rings (SSSR count). The Kier molecular flexibility index (Phi) is 5.58. The van der Waals surface area contributed by atoms with E-state index in [0.29, 0.717) is 11.9 Å². The Morgan fingerprint density at radius 1 is 1.21 bits per heavy atom. The van der Waals surface area contributed by atoms with Crippen molar-refractivity contribution >= 4 is 29.2 Å². The number of thioether (sulfide) groups is 1. The molecule has 5 nitrogen and oxygen atoms in total. The molecule has 128 valence electrons. The highest BCUT2D eigenvalue weighted by molar-refractivity contribution is 7.98. The lowest BCUT2D eigenvalue weighted by atomic mass is 10.2. The predicted octanol–water partition coefficient (Wildman–Crippen LogP) is 3.79. The first-order chi connectivity index (χ1) is 11.6. The van der Waals surface area contributed by atoms with Gasteiger partial charge in [-0.15, -0.1) is 11.8 Å². The summed E-state index contributed by atoms with van der Waals surface area (Å²) >= 11 is 1.74. The number of rotatable bonds is 8. The van der Waals surface area contributed by atoms with Crippen LogP contribution in [0.2, 0.25) is 0 Å². The fourth-order valence-electron chi connectivity index (χ4n) is 2.44. The summed E-state index contributed by atoms with van der Waals surface area (Å²) < 4.78 is 0. The summed E-state index contributed by atoms with van der Waals surface area (Å²) in [6, 6.07) is 10.5. The average Bonchev–Trinajstić information content (AvgIpc) is 3.39. The van der Waals surface area contributed by atoms with Crippen LogP contribution in [0.3, 0.4) is 0 Å². The van der Waals surface area contributed by atoms with E-state index in [1.54, 1.807) is 11.8 Å². The van der Waals surface area contributed by atoms with Gasteiger partial charge in [-0.25, -0.2) is 4.98 Å². The molecule has 0 aliphatic heterocycles. The number of nitrogens with one attached hydrogen (secondary N) is 2. The van der Waals surface area contributed by atoms with Crippen molar-refractivity contribution in [2.75, 3.05) is 44.1 Å². The van der Waals surface area contributed by atoms with E-state index in [4.69, 9.17) is 0 Å². The lowest BCUT2D eigenvalue weighted by molar-refractivity contribution is 0.425. The monoisotopic (exact) mass is 343 g/mol. The minimum absolute atomic E-state index is 0.598. The van der Waals surface area contributed by atoms with Crippen molar-refractivity contribution in [3.05, 3.63) is 36.0 Å². The molecule has 1 aromatic heterocycles.